The van der Waals surface area contributed by atoms with Crippen LogP contribution in [0.15, 0.2) is 18.2 Å². The van der Waals surface area contributed by atoms with Gasteiger partial charge in [0.15, 0.2) is 11.5 Å². The van der Waals surface area contributed by atoms with Gasteiger partial charge in [0.1, 0.15) is 0 Å². The molecular weight excluding hydrogens is 296 g/mol. The van der Waals surface area contributed by atoms with E-state index in [0.717, 1.165) is 47.0 Å². The van der Waals surface area contributed by atoms with E-state index in [1.165, 1.54) is 0 Å². The highest BCUT2D eigenvalue weighted by molar-refractivity contribution is 5.79. The molecule has 0 saturated heterocycles. The number of aromatic amines is 1. The van der Waals surface area contributed by atoms with Gasteiger partial charge in [-0.1, -0.05) is 0 Å². The first-order chi connectivity index (χ1) is 11.1. The van der Waals surface area contributed by atoms with E-state index in [1.807, 2.05) is 25.1 Å². The van der Waals surface area contributed by atoms with E-state index in [2.05, 4.69) is 15.1 Å². The van der Waals surface area contributed by atoms with E-state index in [9.17, 15) is 4.79 Å². The first kappa shape index (κ1) is 14.1. The van der Waals surface area contributed by atoms with Gasteiger partial charge in [-0.2, -0.15) is 5.10 Å². The molecule has 0 radical (unpaired) electrons. The number of nitrogens with one attached hydrogen (secondary N) is 1. The molecule has 1 aromatic heterocycles. The second-order valence-electron chi connectivity index (χ2n) is 5.90. The van der Waals surface area contributed by atoms with Crippen LogP contribution in [0.25, 0.3) is 11.3 Å². The van der Waals surface area contributed by atoms with Gasteiger partial charge in [-0.3, -0.25) is 14.8 Å². The minimum atomic E-state index is -0.304. The number of carbonyl (C=O) groups is 1. The molecule has 2 aromatic rings. The summed E-state index contributed by atoms with van der Waals surface area (Å²) in [4.78, 5) is 13.5. The maximum absolute atomic E-state index is 11.5. The molecule has 3 heterocycles. The van der Waals surface area contributed by atoms with E-state index in [-0.39, 0.29) is 18.7 Å². The van der Waals surface area contributed by atoms with Crippen LogP contribution in [-0.2, 0) is 17.8 Å². The lowest BCUT2D eigenvalue weighted by Crippen LogP contribution is -2.45. The standard InChI is InChI=1S/C16H18N4O3/c1-9(16(17)21)20-5-4-12-11(7-20)15(19-18-12)10-2-3-13-14(6-10)23-8-22-13/h2-3,6,9H,4-5,7-8H2,1H3,(H2,17,21)(H,18,19)/t9-/m1/s1. The lowest BCUT2D eigenvalue weighted by molar-refractivity contribution is -0.123. The van der Waals surface area contributed by atoms with Gasteiger partial charge < -0.3 is 15.2 Å². The smallest absolute Gasteiger partial charge is 0.234 e. The van der Waals surface area contributed by atoms with Crippen LogP contribution in [-0.4, -0.2) is 40.4 Å². The van der Waals surface area contributed by atoms with Gasteiger partial charge in [-0.15, -0.1) is 0 Å². The first-order valence-electron chi connectivity index (χ1n) is 7.63. The Hall–Kier alpha value is -2.54. The van der Waals surface area contributed by atoms with Crippen LogP contribution in [0.5, 0.6) is 11.5 Å². The van der Waals surface area contributed by atoms with Crippen molar-refractivity contribution >= 4 is 5.91 Å². The number of benzene rings is 1. The highest BCUT2D eigenvalue weighted by Crippen LogP contribution is 2.37. The molecule has 0 bridgehead atoms. The van der Waals surface area contributed by atoms with Gasteiger partial charge in [-0.25, -0.2) is 0 Å². The fourth-order valence-corrected chi connectivity index (χ4v) is 3.11. The predicted octanol–water partition coefficient (Wildman–Crippen LogP) is 1.04. The summed E-state index contributed by atoms with van der Waals surface area (Å²) in [6.07, 6.45) is 0.824. The van der Waals surface area contributed by atoms with E-state index in [1.54, 1.807) is 0 Å². The van der Waals surface area contributed by atoms with Crippen LogP contribution >= 0.6 is 0 Å². The summed E-state index contributed by atoms with van der Waals surface area (Å²) >= 11 is 0. The highest BCUT2D eigenvalue weighted by Gasteiger charge is 2.28. The largest absolute Gasteiger partial charge is 0.454 e. The van der Waals surface area contributed by atoms with Crippen molar-refractivity contribution in [2.75, 3.05) is 13.3 Å². The van der Waals surface area contributed by atoms with Crippen molar-refractivity contribution in [1.29, 1.82) is 0 Å². The zero-order valence-corrected chi connectivity index (χ0v) is 12.8. The van der Waals surface area contributed by atoms with Crippen LogP contribution in [0.2, 0.25) is 0 Å². The summed E-state index contributed by atoms with van der Waals surface area (Å²) in [5.41, 5.74) is 9.53. The first-order valence-corrected chi connectivity index (χ1v) is 7.63. The monoisotopic (exact) mass is 314 g/mol. The zero-order chi connectivity index (χ0) is 16.0. The molecule has 0 unspecified atom stereocenters. The minimum absolute atomic E-state index is 0.251. The summed E-state index contributed by atoms with van der Waals surface area (Å²) in [6.45, 7) is 3.54. The van der Waals surface area contributed by atoms with E-state index in [4.69, 9.17) is 15.2 Å². The molecule has 2 aliphatic heterocycles. The third-order valence-corrected chi connectivity index (χ3v) is 4.57. The van der Waals surface area contributed by atoms with Crippen LogP contribution in [0.1, 0.15) is 18.2 Å². The van der Waals surface area contributed by atoms with Crippen molar-refractivity contribution in [3.8, 4) is 22.8 Å². The number of nitrogens with zero attached hydrogens (tertiary/aromatic N) is 2. The van der Waals surface area contributed by atoms with Gasteiger partial charge in [0.2, 0.25) is 12.7 Å². The number of amides is 1. The Kier molecular flexibility index (Phi) is 3.23. The summed E-state index contributed by atoms with van der Waals surface area (Å²) in [6, 6.07) is 5.52. The summed E-state index contributed by atoms with van der Waals surface area (Å²) in [7, 11) is 0. The molecule has 23 heavy (non-hydrogen) atoms. The Morgan fingerprint density at radius 1 is 1.39 bits per heavy atom. The van der Waals surface area contributed by atoms with Gasteiger partial charge in [0.05, 0.1) is 11.7 Å². The number of hydrogen-bond acceptors (Lipinski definition) is 5. The van der Waals surface area contributed by atoms with Crippen LogP contribution in [0.3, 0.4) is 0 Å². The molecule has 120 valence electrons. The third-order valence-electron chi connectivity index (χ3n) is 4.57. The van der Waals surface area contributed by atoms with Crippen molar-refractivity contribution in [2.24, 2.45) is 5.73 Å². The minimum Gasteiger partial charge on any atom is -0.454 e. The third kappa shape index (κ3) is 2.33. The van der Waals surface area contributed by atoms with Gasteiger partial charge in [0.25, 0.3) is 0 Å². The average molecular weight is 314 g/mol. The molecule has 0 spiro atoms. The lowest BCUT2D eigenvalue weighted by atomic mass is 9.99. The number of rotatable bonds is 3. The number of fused-ring (bicyclic) bond motifs is 2. The van der Waals surface area contributed by atoms with Crippen molar-refractivity contribution in [2.45, 2.75) is 25.9 Å². The normalized spacial score (nSPS) is 17.8. The van der Waals surface area contributed by atoms with Gasteiger partial charge in [0, 0.05) is 36.3 Å². The maximum atomic E-state index is 11.5. The fourth-order valence-electron chi connectivity index (χ4n) is 3.11. The van der Waals surface area contributed by atoms with E-state index in [0.29, 0.717) is 6.54 Å². The molecule has 7 nitrogen and oxygen atoms in total. The van der Waals surface area contributed by atoms with Gasteiger partial charge >= 0.3 is 0 Å². The molecule has 0 fully saturated rings. The highest BCUT2D eigenvalue weighted by atomic mass is 16.7. The van der Waals surface area contributed by atoms with Crippen molar-refractivity contribution < 1.29 is 14.3 Å². The van der Waals surface area contributed by atoms with Crippen molar-refractivity contribution in [3.63, 3.8) is 0 Å². The number of hydrogen-bond donors (Lipinski definition) is 2. The van der Waals surface area contributed by atoms with Crippen molar-refractivity contribution in [3.05, 3.63) is 29.5 Å². The molecule has 7 heteroatoms. The number of ether oxygens (including phenoxy) is 2. The molecule has 0 aliphatic carbocycles. The number of carbonyl (C=O) groups excluding carboxylic acids is 1. The van der Waals surface area contributed by atoms with Crippen LogP contribution in [0, 0.1) is 0 Å². The van der Waals surface area contributed by atoms with E-state index >= 15 is 0 Å². The average Bonchev–Trinajstić information content (AvgIpc) is 3.18. The SMILES string of the molecule is C[C@H](C(N)=O)N1CCc2[nH]nc(-c3ccc4c(c3)OCO4)c2C1. The zero-order valence-electron chi connectivity index (χ0n) is 12.8. The van der Waals surface area contributed by atoms with Crippen LogP contribution < -0.4 is 15.2 Å². The molecule has 1 amide bonds. The Labute approximate surface area is 133 Å². The number of aromatic nitrogens is 2. The Morgan fingerprint density at radius 3 is 3.04 bits per heavy atom. The summed E-state index contributed by atoms with van der Waals surface area (Å²) < 4.78 is 10.8. The topological polar surface area (TPSA) is 93.5 Å². The van der Waals surface area contributed by atoms with Gasteiger partial charge in [-0.05, 0) is 25.1 Å². The molecule has 0 saturated carbocycles. The second kappa shape index (κ2) is 5.27. The molecular formula is C16H18N4O3. The molecule has 1 aromatic carbocycles. The Morgan fingerprint density at radius 2 is 2.22 bits per heavy atom. The molecule has 4 rings (SSSR count). The lowest BCUT2D eigenvalue weighted by Gasteiger charge is -2.30. The molecule has 3 N–H and O–H groups in total. The Bertz CT molecular complexity index is 771. The second-order valence-corrected chi connectivity index (χ2v) is 5.90. The quantitative estimate of drug-likeness (QED) is 0.883. The molecule has 1 atom stereocenters. The maximum Gasteiger partial charge on any atom is 0.234 e. The van der Waals surface area contributed by atoms with Crippen LogP contribution in [0.4, 0.5) is 0 Å². The summed E-state index contributed by atoms with van der Waals surface area (Å²) in [5.74, 6) is 1.18. The predicted molar refractivity (Wildman–Crippen MR) is 82.9 cm³/mol. The van der Waals surface area contributed by atoms with E-state index < -0.39 is 0 Å². The molecule has 2 aliphatic rings. The number of nitrogens with two attached hydrogens (primary N) is 1. The number of H-pyrrole nitrogens is 1. The number of primary amides is 1. The summed E-state index contributed by atoms with van der Waals surface area (Å²) in [5, 5.41) is 7.58. The Balaban J connectivity index is 1.68. The van der Waals surface area contributed by atoms with Crippen molar-refractivity contribution in [1.82, 2.24) is 15.1 Å². The fraction of sp³-hybridized carbons (Fsp3) is 0.375.